The fraction of sp³-hybridized carbons (Fsp3) is 0.286. The molecule has 0 aliphatic heterocycles. The van der Waals surface area contributed by atoms with Crippen LogP contribution in [0.25, 0.3) is 11.1 Å². The second-order valence-electron chi connectivity index (χ2n) is 6.15. The second-order valence-corrected chi connectivity index (χ2v) is 6.15. The minimum atomic E-state index is -0.832. The zero-order valence-corrected chi connectivity index (χ0v) is 15.6. The molecule has 2 aromatic rings. The maximum absolute atomic E-state index is 12.4. The van der Waals surface area contributed by atoms with Crippen LogP contribution >= 0.6 is 0 Å². The predicted octanol–water partition coefficient (Wildman–Crippen LogP) is 3.00. The number of carbonyl (C=O) groups is 2. The highest BCUT2D eigenvalue weighted by atomic mass is 16.5. The Bertz CT molecular complexity index is 783. The first-order chi connectivity index (χ1) is 13.1. The lowest BCUT2D eigenvalue weighted by atomic mass is 10.0. The van der Waals surface area contributed by atoms with Gasteiger partial charge in [-0.05, 0) is 54.3 Å². The predicted molar refractivity (Wildman–Crippen MR) is 106 cm³/mol. The summed E-state index contributed by atoms with van der Waals surface area (Å²) in [6.45, 7) is 2.11. The van der Waals surface area contributed by atoms with E-state index in [-0.39, 0.29) is 5.91 Å². The van der Waals surface area contributed by atoms with Crippen LogP contribution in [0.5, 0.6) is 0 Å². The Morgan fingerprint density at radius 3 is 2.19 bits per heavy atom. The Balaban J connectivity index is 2.07. The van der Waals surface area contributed by atoms with Crippen molar-refractivity contribution in [2.75, 3.05) is 7.05 Å². The molecule has 0 fully saturated rings. The Hall–Kier alpha value is -2.99. The number of carbonyl (C=O) groups excluding carboxylic acids is 2. The standard InChI is InChI=1S/C21H25N3O3/c1-3-15-6-8-16(9-7-15)17-10-12-18(13-11-17)20(25)23-19(21(26)24-27)5-4-14-22-2/h6-14,19,27H,3-5H2,1-2H3,(H,23,25)(H,24,26)/t19-/m0/s1. The van der Waals surface area contributed by atoms with Gasteiger partial charge >= 0.3 is 0 Å². The summed E-state index contributed by atoms with van der Waals surface area (Å²) in [5.74, 6) is -1.02. The number of aliphatic imine (C=N–C) groups is 1. The molecule has 27 heavy (non-hydrogen) atoms. The van der Waals surface area contributed by atoms with Crippen LogP contribution in [0.15, 0.2) is 53.5 Å². The maximum atomic E-state index is 12.4. The van der Waals surface area contributed by atoms with E-state index in [9.17, 15) is 9.59 Å². The van der Waals surface area contributed by atoms with Crippen LogP contribution in [-0.4, -0.2) is 36.3 Å². The molecular formula is C21H25N3O3. The molecule has 3 N–H and O–H groups in total. The molecule has 0 saturated carbocycles. The van der Waals surface area contributed by atoms with E-state index in [1.165, 1.54) is 5.56 Å². The summed E-state index contributed by atoms with van der Waals surface area (Å²) in [5, 5.41) is 11.5. The van der Waals surface area contributed by atoms with Crippen molar-refractivity contribution in [1.29, 1.82) is 0 Å². The molecule has 2 rings (SSSR count). The van der Waals surface area contributed by atoms with Gasteiger partial charge in [0.1, 0.15) is 6.04 Å². The van der Waals surface area contributed by atoms with E-state index in [1.807, 2.05) is 12.1 Å². The molecule has 0 unspecified atom stereocenters. The first-order valence-corrected chi connectivity index (χ1v) is 8.93. The van der Waals surface area contributed by atoms with Crippen molar-refractivity contribution in [3.63, 3.8) is 0 Å². The molecule has 6 nitrogen and oxygen atoms in total. The zero-order valence-electron chi connectivity index (χ0n) is 15.6. The molecule has 0 spiro atoms. The van der Waals surface area contributed by atoms with E-state index >= 15 is 0 Å². The number of hydroxylamine groups is 1. The molecule has 142 valence electrons. The summed E-state index contributed by atoms with van der Waals surface area (Å²) in [4.78, 5) is 28.0. The van der Waals surface area contributed by atoms with Crippen LogP contribution in [0.2, 0.25) is 0 Å². The first kappa shape index (κ1) is 20.3. The third-order valence-corrected chi connectivity index (χ3v) is 4.34. The van der Waals surface area contributed by atoms with Gasteiger partial charge in [-0.15, -0.1) is 0 Å². The molecule has 0 saturated heterocycles. The van der Waals surface area contributed by atoms with Gasteiger partial charge in [-0.2, -0.15) is 0 Å². The average molecular weight is 367 g/mol. The highest BCUT2D eigenvalue weighted by Gasteiger charge is 2.20. The minimum absolute atomic E-state index is 0.345. The summed E-state index contributed by atoms with van der Waals surface area (Å²) in [6.07, 6.45) is 3.51. The summed E-state index contributed by atoms with van der Waals surface area (Å²) in [7, 11) is 1.64. The van der Waals surface area contributed by atoms with Crippen molar-refractivity contribution in [2.45, 2.75) is 32.2 Å². The van der Waals surface area contributed by atoms with Gasteiger partial charge < -0.3 is 10.3 Å². The SMILES string of the molecule is CCc1ccc(-c2ccc(C(=O)N[C@@H](CCC=NC)C(=O)NO)cc2)cc1. The molecule has 0 aliphatic rings. The number of hydrogen-bond acceptors (Lipinski definition) is 4. The fourth-order valence-electron chi connectivity index (χ4n) is 2.71. The fourth-order valence-corrected chi connectivity index (χ4v) is 2.71. The second kappa shape index (κ2) is 10.2. The van der Waals surface area contributed by atoms with Gasteiger partial charge in [-0.25, -0.2) is 5.48 Å². The van der Waals surface area contributed by atoms with Gasteiger partial charge in [-0.3, -0.25) is 14.8 Å². The van der Waals surface area contributed by atoms with Crippen LogP contribution in [0, 0.1) is 0 Å². The molecule has 0 bridgehead atoms. The highest BCUT2D eigenvalue weighted by Crippen LogP contribution is 2.20. The van der Waals surface area contributed by atoms with E-state index in [4.69, 9.17) is 5.21 Å². The molecule has 6 heteroatoms. The van der Waals surface area contributed by atoms with Gasteiger partial charge in [0.2, 0.25) is 0 Å². The molecule has 0 aromatic heterocycles. The average Bonchev–Trinajstić information content (AvgIpc) is 2.72. The first-order valence-electron chi connectivity index (χ1n) is 8.93. The van der Waals surface area contributed by atoms with Crippen molar-refractivity contribution in [1.82, 2.24) is 10.8 Å². The topological polar surface area (TPSA) is 90.8 Å². The highest BCUT2D eigenvalue weighted by molar-refractivity contribution is 5.97. The van der Waals surface area contributed by atoms with Crippen LogP contribution in [0.3, 0.4) is 0 Å². The van der Waals surface area contributed by atoms with Gasteiger partial charge in [0.25, 0.3) is 11.8 Å². The normalized spacial score (nSPS) is 12.0. The summed E-state index contributed by atoms with van der Waals surface area (Å²) < 4.78 is 0. The lowest BCUT2D eigenvalue weighted by Gasteiger charge is -2.16. The number of nitrogens with zero attached hydrogens (tertiary/aromatic N) is 1. The Labute approximate surface area is 159 Å². The van der Waals surface area contributed by atoms with E-state index < -0.39 is 11.9 Å². The van der Waals surface area contributed by atoms with Crippen LogP contribution in [-0.2, 0) is 11.2 Å². The lowest BCUT2D eigenvalue weighted by molar-refractivity contribution is -0.131. The van der Waals surface area contributed by atoms with Gasteiger partial charge in [-0.1, -0.05) is 43.3 Å². The Morgan fingerprint density at radius 1 is 1.07 bits per heavy atom. The molecule has 2 aromatic carbocycles. The molecule has 1 atom stereocenters. The van der Waals surface area contributed by atoms with Crippen molar-refractivity contribution in [3.8, 4) is 11.1 Å². The van der Waals surface area contributed by atoms with Crippen LogP contribution in [0.1, 0.15) is 35.7 Å². The van der Waals surface area contributed by atoms with E-state index in [0.717, 1.165) is 17.5 Å². The third kappa shape index (κ3) is 5.76. The summed E-state index contributed by atoms with van der Waals surface area (Å²) in [6, 6.07) is 14.7. The number of benzene rings is 2. The lowest BCUT2D eigenvalue weighted by Crippen LogP contribution is -2.45. The summed E-state index contributed by atoms with van der Waals surface area (Å²) >= 11 is 0. The molecule has 0 heterocycles. The number of amides is 2. The largest absolute Gasteiger partial charge is 0.340 e. The van der Waals surface area contributed by atoms with Gasteiger partial charge in [0.15, 0.2) is 0 Å². The van der Waals surface area contributed by atoms with Crippen molar-refractivity contribution in [3.05, 3.63) is 59.7 Å². The van der Waals surface area contributed by atoms with Gasteiger partial charge in [0, 0.05) is 12.6 Å². The monoisotopic (exact) mass is 367 g/mol. The Kier molecular flexibility index (Phi) is 7.70. The minimum Gasteiger partial charge on any atom is -0.340 e. The summed E-state index contributed by atoms with van der Waals surface area (Å²) in [5.41, 5.74) is 5.40. The van der Waals surface area contributed by atoms with Crippen LogP contribution < -0.4 is 10.8 Å². The van der Waals surface area contributed by atoms with Crippen molar-refractivity contribution >= 4 is 18.0 Å². The zero-order chi connectivity index (χ0) is 19.6. The van der Waals surface area contributed by atoms with E-state index in [0.29, 0.717) is 18.4 Å². The molecular weight excluding hydrogens is 342 g/mol. The third-order valence-electron chi connectivity index (χ3n) is 4.34. The number of rotatable bonds is 8. The molecule has 2 amide bonds. The van der Waals surface area contributed by atoms with E-state index in [2.05, 4.69) is 41.5 Å². The number of aryl methyl sites for hydroxylation is 1. The Morgan fingerprint density at radius 2 is 1.67 bits per heavy atom. The molecule has 0 aliphatic carbocycles. The number of hydrogen-bond donors (Lipinski definition) is 3. The van der Waals surface area contributed by atoms with Crippen molar-refractivity contribution in [2.24, 2.45) is 4.99 Å². The molecule has 0 radical (unpaired) electrons. The van der Waals surface area contributed by atoms with E-state index in [1.54, 1.807) is 30.9 Å². The van der Waals surface area contributed by atoms with Crippen molar-refractivity contribution < 1.29 is 14.8 Å². The van der Waals surface area contributed by atoms with Crippen LogP contribution in [0.4, 0.5) is 0 Å². The maximum Gasteiger partial charge on any atom is 0.265 e. The van der Waals surface area contributed by atoms with Gasteiger partial charge in [0.05, 0.1) is 0 Å². The quantitative estimate of drug-likeness (QED) is 0.380. The smallest absolute Gasteiger partial charge is 0.265 e. The number of nitrogens with one attached hydrogen (secondary N) is 2.